The largest absolute Gasteiger partial charge is 0.444 e. The molecule has 5 nitrogen and oxygen atoms in total. The Hall–Kier alpha value is -0.0800. The molecule has 0 aromatic carbocycles. The maximum absolute atomic E-state index is 12.2. The monoisotopic (exact) mass is 399 g/mol. The van der Waals surface area contributed by atoms with E-state index < -0.39 is 5.60 Å². The Morgan fingerprint density at radius 3 is 2.30 bits per heavy atom. The van der Waals surface area contributed by atoms with Crippen LogP contribution in [-0.2, 0) is 14.2 Å². The minimum atomic E-state index is -0.478. The summed E-state index contributed by atoms with van der Waals surface area (Å²) in [7, 11) is 0. The number of hydrogen-bond donors (Lipinski definition) is 0. The highest BCUT2D eigenvalue weighted by Crippen LogP contribution is 2.22. The van der Waals surface area contributed by atoms with Crippen molar-refractivity contribution in [2.24, 2.45) is 0 Å². The van der Waals surface area contributed by atoms with Crippen LogP contribution in [0.3, 0.4) is 0 Å². The molecule has 0 aromatic rings. The Morgan fingerprint density at radius 1 is 1.35 bits per heavy atom. The lowest BCUT2D eigenvalue weighted by molar-refractivity contribution is -0.183. The number of carbonyl (C=O) groups excluding carboxylic acids is 1. The third-order valence-corrected chi connectivity index (χ3v) is 4.51. The van der Waals surface area contributed by atoms with Gasteiger partial charge in [-0.2, -0.15) is 0 Å². The molecule has 20 heavy (non-hydrogen) atoms. The normalized spacial score (nSPS) is 19.1. The molecule has 0 aliphatic carbocycles. The molecule has 1 rings (SSSR count). The summed E-state index contributed by atoms with van der Waals surface area (Å²) in [6.45, 7) is 12.0. The molecule has 0 bridgehead atoms. The number of rotatable bonds is 6. The second-order valence-corrected chi connectivity index (χ2v) is 7.12. The van der Waals surface area contributed by atoms with E-state index in [9.17, 15) is 4.79 Å². The molecule has 1 heterocycles. The highest BCUT2D eigenvalue weighted by atomic mass is 127. The average Bonchev–Trinajstić information content (AvgIpc) is 2.29. The van der Waals surface area contributed by atoms with E-state index in [2.05, 4.69) is 22.6 Å². The van der Waals surface area contributed by atoms with Gasteiger partial charge in [-0.3, -0.25) is 0 Å². The summed E-state index contributed by atoms with van der Waals surface area (Å²) in [5, 5.41) is 0. The van der Waals surface area contributed by atoms with E-state index in [1.54, 1.807) is 4.90 Å². The van der Waals surface area contributed by atoms with Gasteiger partial charge in [0.1, 0.15) is 11.7 Å². The fourth-order valence-electron chi connectivity index (χ4n) is 1.83. The summed E-state index contributed by atoms with van der Waals surface area (Å²) >= 11 is 2.30. The van der Waals surface area contributed by atoms with E-state index in [-0.39, 0.29) is 17.8 Å². The van der Waals surface area contributed by atoms with Crippen LogP contribution in [0, 0.1) is 0 Å². The number of amides is 1. The topological polar surface area (TPSA) is 48.0 Å². The van der Waals surface area contributed by atoms with Crippen molar-refractivity contribution < 1.29 is 19.0 Å². The predicted molar refractivity (Wildman–Crippen MR) is 86.5 cm³/mol. The van der Waals surface area contributed by atoms with Gasteiger partial charge in [0.2, 0.25) is 0 Å². The third-order valence-electron chi connectivity index (χ3n) is 2.90. The molecule has 1 aliphatic rings. The minimum absolute atomic E-state index is 0.145. The second-order valence-electron chi connectivity index (χ2n) is 6.36. The van der Waals surface area contributed by atoms with E-state index in [0.717, 1.165) is 4.43 Å². The molecule has 0 saturated carbocycles. The summed E-state index contributed by atoms with van der Waals surface area (Å²) in [4.78, 5) is 13.9. The van der Waals surface area contributed by atoms with Crippen LogP contribution in [0.4, 0.5) is 4.79 Å². The Kier molecular flexibility index (Phi) is 6.53. The first kappa shape index (κ1) is 18.0. The number of alkyl halides is 1. The van der Waals surface area contributed by atoms with Crippen molar-refractivity contribution in [3.63, 3.8) is 0 Å². The molecule has 1 aliphatic heterocycles. The molecule has 0 spiro atoms. The third kappa shape index (κ3) is 5.73. The Labute approximate surface area is 135 Å². The van der Waals surface area contributed by atoms with Crippen LogP contribution in [-0.4, -0.2) is 59.0 Å². The van der Waals surface area contributed by atoms with Crippen LogP contribution in [0.5, 0.6) is 0 Å². The molecule has 118 valence electrons. The number of hydrogen-bond acceptors (Lipinski definition) is 4. The van der Waals surface area contributed by atoms with Gasteiger partial charge in [-0.15, -0.1) is 0 Å². The fourth-order valence-corrected chi connectivity index (χ4v) is 2.25. The van der Waals surface area contributed by atoms with Crippen LogP contribution in [0.1, 0.15) is 34.6 Å². The number of likely N-dealkylation sites (N-methyl/N-ethyl adjacent to an activating group) is 1. The van der Waals surface area contributed by atoms with Crippen molar-refractivity contribution in [2.45, 2.75) is 51.9 Å². The van der Waals surface area contributed by atoms with Crippen molar-refractivity contribution in [1.29, 1.82) is 0 Å². The van der Waals surface area contributed by atoms with Crippen molar-refractivity contribution in [3.05, 3.63) is 0 Å². The highest BCUT2D eigenvalue weighted by molar-refractivity contribution is 14.1. The first-order valence-corrected chi connectivity index (χ1v) is 8.51. The van der Waals surface area contributed by atoms with Crippen molar-refractivity contribution >= 4 is 28.7 Å². The molecule has 1 saturated heterocycles. The molecule has 1 fully saturated rings. The molecule has 6 heteroatoms. The molecule has 1 atom stereocenters. The summed E-state index contributed by atoms with van der Waals surface area (Å²) in [5.74, 6) is 0. The maximum atomic E-state index is 12.2. The predicted octanol–water partition coefficient (Wildman–Crippen LogP) is 2.85. The van der Waals surface area contributed by atoms with Crippen LogP contribution >= 0.6 is 22.6 Å². The minimum Gasteiger partial charge on any atom is -0.444 e. The first-order valence-electron chi connectivity index (χ1n) is 6.98. The molecule has 1 unspecified atom stereocenters. The average molecular weight is 399 g/mol. The molecule has 0 radical (unpaired) electrons. The van der Waals surface area contributed by atoms with E-state index >= 15 is 0 Å². The zero-order valence-electron chi connectivity index (χ0n) is 13.1. The zero-order valence-corrected chi connectivity index (χ0v) is 15.2. The molecular formula is C14H26INO4. The highest BCUT2D eigenvalue weighted by Gasteiger charge is 2.35. The van der Waals surface area contributed by atoms with Crippen LogP contribution in [0.15, 0.2) is 0 Å². The molecule has 1 amide bonds. The van der Waals surface area contributed by atoms with Crippen molar-refractivity contribution in [3.8, 4) is 0 Å². The Bertz CT molecular complexity index is 328. The Morgan fingerprint density at radius 2 is 1.95 bits per heavy atom. The standard InChI is InChI=1S/C14H26INO4/c1-6-16(12(17)20-13(2,3)4)10-14(5,9-15)19-11-7-18-8-11/h11H,6-10H2,1-5H3. The van der Waals surface area contributed by atoms with Gasteiger partial charge in [0.05, 0.1) is 25.4 Å². The Balaban J connectivity index is 2.61. The lowest BCUT2D eigenvalue weighted by Gasteiger charge is -2.39. The van der Waals surface area contributed by atoms with Gasteiger partial charge in [-0.05, 0) is 34.6 Å². The zero-order chi connectivity index (χ0) is 15.4. The van der Waals surface area contributed by atoms with Crippen LogP contribution in [0.25, 0.3) is 0 Å². The quantitative estimate of drug-likeness (QED) is 0.509. The van der Waals surface area contributed by atoms with Gasteiger partial charge in [0, 0.05) is 11.0 Å². The number of halogens is 1. The van der Waals surface area contributed by atoms with Gasteiger partial charge < -0.3 is 19.1 Å². The number of nitrogens with zero attached hydrogens (tertiary/aromatic N) is 1. The maximum Gasteiger partial charge on any atom is 0.410 e. The van der Waals surface area contributed by atoms with E-state index in [4.69, 9.17) is 14.2 Å². The van der Waals surface area contributed by atoms with Gasteiger partial charge >= 0.3 is 6.09 Å². The lowest BCUT2D eigenvalue weighted by atomic mass is 10.1. The van der Waals surface area contributed by atoms with Gasteiger partial charge in [-0.1, -0.05) is 22.6 Å². The number of carbonyl (C=O) groups is 1. The number of ether oxygens (including phenoxy) is 3. The van der Waals surface area contributed by atoms with E-state index in [0.29, 0.717) is 26.3 Å². The smallest absolute Gasteiger partial charge is 0.410 e. The second kappa shape index (κ2) is 7.26. The summed E-state index contributed by atoms with van der Waals surface area (Å²) in [6, 6.07) is 0. The van der Waals surface area contributed by atoms with Gasteiger partial charge in [-0.25, -0.2) is 4.79 Å². The lowest BCUT2D eigenvalue weighted by Crippen LogP contribution is -2.52. The summed E-state index contributed by atoms with van der Waals surface area (Å²) < 4.78 is 17.4. The van der Waals surface area contributed by atoms with Crippen molar-refractivity contribution in [2.75, 3.05) is 30.7 Å². The van der Waals surface area contributed by atoms with Crippen molar-refractivity contribution in [1.82, 2.24) is 4.90 Å². The van der Waals surface area contributed by atoms with Gasteiger partial charge in [0.15, 0.2) is 0 Å². The summed E-state index contributed by atoms with van der Waals surface area (Å²) in [5.41, 5.74) is -0.851. The van der Waals surface area contributed by atoms with Crippen LogP contribution < -0.4 is 0 Å². The molecular weight excluding hydrogens is 373 g/mol. The molecule has 0 aromatic heterocycles. The SMILES string of the molecule is CCN(CC(C)(CI)OC1COC1)C(=O)OC(C)(C)C. The molecule has 0 N–H and O–H groups in total. The summed E-state index contributed by atoms with van der Waals surface area (Å²) in [6.07, 6.45) is -0.142. The van der Waals surface area contributed by atoms with Crippen LogP contribution in [0.2, 0.25) is 0 Å². The fraction of sp³-hybridized carbons (Fsp3) is 0.929. The van der Waals surface area contributed by atoms with Gasteiger partial charge in [0.25, 0.3) is 0 Å². The van der Waals surface area contributed by atoms with E-state index in [1.807, 2.05) is 34.6 Å². The van der Waals surface area contributed by atoms with E-state index in [1.165, 1.54) is 0 Å². The first-order chi connectivity index (χ1) is 9.19.